The first-order chi connectivity index (χ1) is 16.4. The number of aromatic nitrogens is 2. The molecule has 0 spiro atoms. The van der Waals surface area contributed by atoms with Crippen molar-refractivity contribution in [3.8, 4) is 6.07 Å². The molecule has 0 bridgehead atoms. The first-order valence-electron chi connectivity index (χ1n) is 11.9. The van der Waals surface area contributed by atoms with Crippen LogP contribution in [0.5, 0.6) is 0 Å². The first kappa shape index (κ1) is 23.7. The van der Waals surface area contributed by atoms with Crippen LogP contribution < -0.4 is 10.2 Å². The minimum Gasteiger partial charge on any atom is -0.396 e. The van der Waals surface area contributed by atoms with Crippen LogP contribution >= 0.6 is 0 Å². The summed E-state index contributed by atoms with van der Waals surface area (Å²) in [4.78, 5) is 25.9. The Morgan fingerprint density at radius 1 is 1.38 bits per heavy atom. The van der Waals surface area contributed by atoms with Gasteiger partial charge < -0.3 is 20.2 Å². The van der Waals surface area contributed by atoms with E-state index in [0.717, 1.165) is 35.6 Å². The van der Waals surface area contributed by atoms with E-state index in [1.165, 1.54) is 0 Å². The van der Waals surface area contributed by atoms with Crippen molar-refractivity contribution in [3.05, 3.63) is 47.9 Å². The van der Waals surface area contributed by atoms with E-state index in [1.807, 2.05) is 23.1 Å². The summed E-state index contributed by atoms with van der Waals surface area (Å²) in [5, 5.41) is 22.7. The topological polar surface area (TPSA) is 105 Å². The van der Waals surface area contributed by atoms with E-state index in [1.54, 1.807) is 12.3 Å². The third-order valence-corrected chi connectivity index (χ3v) is 6.52. The van der Waals surface area contributed by atoms with Crippen LogP contribution in [0.4, 0.5) is 17.2 Å². The maximum Gasteiger partial charge on any atom is 0.225 e. The molecule has 2 fully saturated rings. The summed E-state index contributed by atoms with van der Waals surface area (Å²) >= 11 is 0. The van der Waals surface area contributed by atoms with Gasteiger partial charge in [-0.25, -0.2) is 4.98 Å². The molecule has 1 unspecified atom stereocenters. The zero-order chi connectivity index (χ0) is 24.2. The fourth-order valence-electron chi connectivity index (χ4n) is 4.52. The number of hydrogen-bond donors (Lipinski definition) is 2. The number of carbonyl (C=O) groups excluding carboxylic acids is 1. The normalized spacial score (nSPS) is 18.0. The number of anilines is 3. The van der Waals surface area contributed by atoms with Gasteiger partial charge in [0.15, 0.2) is 0 Å². The van der Waals surface area contributed by atoms with Gasteiger partial charge in [-0.05, 0) is 43.0 Å². The van der Waals surface area contributed by atoms with Crippen molar-refractivity contribution in [1.82, 2.24) is 14.9 Å². The van der Waals surface area contributed by atoms with Crippen molar-refractivity contribution in [2.24, 2.45) is 5.92 Å². The number of nitriles is 1. The minimum atomic E-state index is -0.144. The second kappa shape index (κ2) is 10.2. The van der Waals surface area contributed by atoms with E-state index in [0.29, 0.717) is 36.9 Å². The number of aliphatic hydroxyl groups is 1. The quantitative estimate of drug-likeness (QED) is 0.619. The maximum absolute atomic E-state index is 12.6. The van der Waals surface area contributed by atoms with Crippen molar-refractivity contribution in [2.75, 3.05) is 36.5 Å². The molecule has 3 heterocycles. The number of hydrogen-bond acceptors (Lipinski definition) is 7. The highest BCUT2D eigenvalue weighted by Crippen LogP contribution is 2.44. The summed E-state index contributed by atoms with van der Waals surface area (Å²) in [5.74, 6) is 1.29. The number of nitrogens with zero attached hydrogens (tertiary/aromatic N) is 5. The fourth-order valence-corrected chi connectivity index (χ4v) is 4.52. The molecular formula is C26H32N6O2. The average Bonchev–Trinajstić information content (AvgIpc) is 3.69. The Balaban J connectivity index is 1.65. The molecule has 1 saturated heterocycles. The third kappa shape index (κ3) is 5.05. The molecule has 2 aromatic heterocycles. The summed E-state index contributed by atoms with van der Waals surface area (Å²) < 4.78 is 0. The Morgan fingerprint density at radius 3 is 2.82 bits per heavy atom. The van der Waals surface area contributed by atoms with Crippen molar-refractivity contribution in [3.63, 3.8) is 0 Å². The lowest BCUT2D eigenvalue weighted by molar-refractivity contribution is -0.135. The second-order valence-corrected chi connectivity index (χ2v) is 9.30. The maximum atomic E-state index is 12.6. The predicted molar refractivity (Wildman–Crippen MR) is 133 cm³/mol. The molecule has 2 aliphatic rings. The lowest BCUT2D eigenvalue weighted by Gasteiger charge is -2.44. The van der Waals surface area contributed by atoms with Crippen molar-refractivity contribution < 1.29 is 9.90 Å². The zero-order valence-corrected chi connectivity index (χ0v) is 19.9. The molecule has 0 radical (unpaired) electrons. The average molecular weight is 461 g/mol. The Bertz CT molecular complexity index is 1100. The van der Waals surface area contributed by atoms with Gasteiger partial charge in [0.05, 0.1) is 35.3 Å². The second-order valence-electron chi connectivity index (χ2n) is 9.30. The highest BCUT2D eigenvalue weighted by atomic mass is 16.3. The molecule has 1 atom stereocenters. The van der Waals surface area contributed by atoms with Gasteiger partial charge in [-0.2, -0.15) is 5.26 Å². The summed E-state index contributed by atoms with van der Waals surface area (Å²) in [6.07, 6.45) is 5.73. The van der Waals surface area contributed by atoms with E-state index in [4.69, 9.17) is 4.98 Å². The van der Waals surface area contributed by atoms with E-state index in [2.05, 4.69) is 41.7 Å². The van der Waals surface area contributed by atoms with Crippen LogP contribution in [-0.4, -0.2) is 58.2 Å². The summed E-state index contributed by atoms with van der Waals surface area (Å²) in [6, 6.07) is 8.04. The molecule has 8 nitrogen and oxygen atoms in total. The van der Waals surface area contributed by atoms with E-state index in [-0.39, 0.29) is 30.9 Å². The van der Waals surface area contributed by atoms with E-state index in [9.17, 15) is 15.2 Å². The predicted octanol–water partition coefficient (Wildman–Crippen LogP) is 3.67. The van der Waals surface area contributed by atoms with Gasteiger partial charge in [0.1, 0.15) is 11.9 Å². The van der Waals surface area contributed by atoms with Gasteiger partial charge in [0.2, 0.25) is 5.91 Å². The molecule has 0 aromatic carbocycles. The van der Waals surface area contributed by atoms with Gasteiger partial charge >= 0.3 is 0 Å². The van der Waals surface area contributed by atoms with Crippen LogP contribution in [0.15, 0.2) is 31.0 Å². The molecule has 4 rings (SSSR count). The Morgan fingerprint density at radius 2 is 2.18 bits per heavy atom. The Hall–Kier alpha value is -3.44. The molecule has 1 saturated carbocycles. The van der Waals surface area contributed by atoms with Gasteiger partial charge in [0.25, 0.3) is 0 Å². The molecular weight excluding hydrogens is 428 g/mol. The Labute approximate surface area is 200 Å². The molecule has 1 aliphatic carbocycles. The van der Waals surface area contributed by atoms with E-state index >= 15 is 0 Å². The number of aliphatic hydroxyl groups excluding tert-OH is 1. The molecule has 34 heavy (non-hydrogen) atoms. The number of rotatable bonds is 8. The molecule has 8 heteroatoms. The number of nitrogens with one attached hydrogen (secondary N) is 1. The van der Waals surface area contributed by atoms with Crippen LogP contribution in [0, 0.1) is 17.2 Å². The van der Waals surface area contributed by atoms with Crippen LogP contribution in [0.2, 0.25) is 0 Å². The highest BCUT2D eigenvalue weighted by molar-refractivity contribution is 5.77. The summed E-state index contributed by atoms with van der Waals surface area (Å²) in [6.45, 7) is 9.60. The molecule has 2 aromatic rings. The number of piperazine rings is 1. The van der Waals surface area contributed by atoms with Gasteiger partial charge in [-0.15, -0.1) is 0 Å². The molecule has 1 amide bonds. The monoisotopic (exact) mass is 460 g/mol. The summed E-state index contributed by atoms with van der Waals surface area (Å²) in [5.41, 5.74) is 3.99. The van der Waals surface area contributed by atoms with Gasteiger partial charge in [-0.1, -0.05) is 20.4 Å². The fraction of sp³-hybridized carbons (Fsp3) is 0.462. The lowest BCUT2D eigenvalue weighted by Crippen LogP contribution is -2.57. The van der Waals surface area contributed by atoms with Crippen LogP contribution in [0.25, 0.3) is 6.08 Å². The summed E-state index contributed by atoms with van der Waals surface area (Å²) in [7, 11) is 0. The van der Waals surface area contributed by atoms with Gasteiger partial charge in [0, 0.05) is 43.9 Å². The van der Waals surface area contributed by atoms with Crippen molar-refractivity contribution >= 4 is 29.2 Å². The standard InChI is InChI=1S/C26H32N6O2/c1-4-20-14-21(7-9-28-20)29-22-13-19(15-27)26(30-25(22)18-5-6-18)31-10-11-32(24(34)8-12-33)23(16-31)17(2)3/h4,7,9,13-14,17-18,23,33H,1,5-6,8,10-12,16H2,2-3H3,(H,28,29). The minimum absolute atomic E-state index is 0.00235. The van der Waals surface area contributed by atoms with Crippen LogP contribution in [0.1, 0.15) is 56.0 Å². The van der Waals surface area contributed by atoms with Crippen LogP contribution in [-0.2, 0) is 4.79 Å². The number of carbonyl (C=O) groups is 1. The smallest absolute Gasteiger partial charge is 0.225 e. The number of amides is 1. The lowest BCUT2D eigenvalue weighted by atomic mass is 9.98. The highest BCUT2D eigenvalue weighted by Gasteiger charge is 2.35. The van der Waals surface area contributed by atoms with Crippen molar-refractivity contribution in [2.45, 2.75) is 45.1 Å². The zero-order valence-electron chi connectivity index (χ0n) is 19.9. The molecule has 178 valence electrons. The van der Waals surface area contributed by atoms with Gasteiger partial charge in [-0.3, -0.25) is 9.78 Å². The molecule has 1 aliphatic heterocycles. The van der Waals surface area contributed by atoms with Crippen molar-refractivity contribution in [1.29, 1.82) is 5.26 Å². The largest absolute Gasteiger partial charge is 0.396 e. The molecule has 2 N–H and O–H groups in total. The third-order valence-electron chi connectivity index (χ3n) is 6.52. The SMILES string of the molecule is C=Cc1cc(Nc2cc(C#N)c(N3CCN(C(=O)CCO)C(C(C)C)C3)nc2C2CC2)ccn1. The van der Waals surface area contributed by atoms with Crippen LogP contribution in [0.3, 0.4) is 0 Å². The number of pyridine rings is 2. The van der Waals surface area contributed by atoms with E-state index < -0.39 is 0 Å². The Kier molecular flexibility index (Phi) is 7.13. The first-order valence-corrected chi connectivity index (χ1v) is 11.9.